The molecule has 1 aliphatic heterocycles. The number of halogens is 1. The molecule has 1 rings (SSSR count). The number of hydrogen-bond acceptors (Lipinski definition) is 5. The maximum Gasteiger partial charge on any atom is 0.217 e. The van der Waals surface area contributed by atoms with Gasteiger partial charge in [0.2, 0.25) is 5.90 Å². The SMILES string of the molecule is C=CN=C(OC/C(Br)=C/N)/C(=C\C)CN1CCN(C)CC1. The van der Waals surface area contributed by atoms with Gasteiger partial charge < -0.3 is 15.4 Å². The molecule has 1 fully saturated rings. The molecule has 0 spiro atoms. The molecular formula is C15H25BrN4O. The third kappa shape index (κ3) is 6.46. The second kappa shape index (κ2) is 9.76. The second-order valence-electron chi connectivity index (χ2n) is 4.91. The smallest absolute Gasteiger partial charge is 0.217 e. The summed E-state index contributed by atoms with van der Waals surface area (Å²) < 4.78 is 6.52. The zero-order valence-corrected chi connectivity index (χ0v) is 14.5. The number of nitrogens with zero attached hydrogens (tertiary/aromatic N) is 3. The first-order chi connectivity index (χ1) is 10.1. The fourth-order valence-corrected chi connectivity index (χ4v) is 2.12. The molecule has 0 aromatic carbocycles. The van der Waals surface area contributed by atoms with Gasteiger partial charge in [0.05, 0.1) is 0 Å². The highest BCUT2D eigenvalue weighted by atomic mass is 79.9. The fourth-order valence-electron chi connectivity index (χ4n) is 2.01. The van der Waals surface area contributed by atoms with Crippen molar-refractivity contribution < 1.29 is 4.74 Å². The Morgan fingerprint density at radius 3 is 2.57 bits per heavy atom. The van der Waals surface area contributed by atoms with Crippen molar-refractivity contribution in [2.45, 2.75) is 6.92 Å². The Hall–Kier alpha value is -1.11. The van der Waals surface area contributed by atoms with E-state index in [2.05, 4.69) is 44.3 Å². The van der Waals surface area contributed by atoms with Gasteiger partial charge in [0.15, 0.2) is 0 Å². The van der Waals surface area contributed by atoms with Gasteiger partial charge in [-0.1, -0.05) is 28.6 Å². The molecule has 0 aliphatic carbocycles. The standard InChI is InChI=1S/C15H25BrN4O/c1-4-13(11-20-8-6-19(3)7-9-20)15(18-5-2)21-12-14(16)10-17/h4-5,10H,2,6-9,11-12,17H2,1,3H3/b13-4-,14-10-,18-15?. The summed E-state index contributed by atoms with van der Waals surface area (Å²) in [6.45, 7) is 11.2. The number of piperazine rings is 1. The minimum atomic E-state index is 0.364. The van der Waals surface area contributed by atoms with Crippen LogP contribution in [0.4, 0.5) is 0 Å². The highest BCUT2D eigenvalue weighted by Gasteiger charge is 2.17. The van der Waals surface area contributed by atoms with Crippen LogP contribution in [0.2, 0.25) is 0 Å². The van der Waals surface area contributed by atoms with Gasteiger partial charge in [-0.05, 0) is 14.0 Å². The zero-order valence-electron chi connectivity index (χ0n) is 12.9. The van der Waals surface area contributed by atoms with Gasteiger partial charge in [-0.2, -0.15) is 0 Å². The lowest BCUT2D eigenvalue weighted by Crippen LogP contribution is -2.45. The summed E-state index contributed by atoms with van der Waals surface area (Å²) >= 11 is 3.33. The molecule has 0 unspecified atom stereocenters. The Bertz CT molecular complexity index is 423. The number of ether oxygens (including phenoxy) is 1. The third-order valence-electron chi connectivity index (χ3n) is 3.35. The predicted molar refractivity (Wildman–Crippen MR) is 92.5 cm³/mol. The van der Waals surface area contributed by atoms with E-state index in [9.17, 15) is 0 Å². The molecule has 0 bridgehead atoms. The Morgan fingerprint density at radius 1 is 1.38 bits per heavy atom. The molecule has 5 nitrogen and oxygen atoms in total. The number of nitrogens with two attached hydrogens (primary N) is 1. The molecule has 0 saturated carbocycles. The predicted octanol–water partition coefficient (Wildman–Crippen LogP) is 1.93. The first kappa shape index (κ1) is 17.9. The quantitative estimate of drug-likeness (QED) is 0.583. The van der Waals surface area contributed by atoms with Crippen LogP contribution >= 0.6 is 15.9 Å². The van der Waals surface area contributed by atoms with Crippen molar-refractivity contribution in [1.29, 1.82) is 0 Å². The first-order valence-electron chi connectivity index (χ1n) is 7.05. The van der Waals surface area contributed by atoms with E-state index < -0.39 is 0 Å². The van der Waals surface area contributed by atoms with Gasteiger partial charge in [0.1, 0.15) is 6.61 Å². The largest absolute Gasteiger partial charge is 0.472 e. The van der Waals surface area contributed by atoms with Crippen LogP contribution in [0.25, 0.3) is 0 Å². The topological polar surface area (TPSA) is 54.1 Å². The van der Waals surface area contributed by atoms with Crippen LogP contribution in [0.15, 0.2) is 40.1 Å². The molecule has 2 N–H and O–H groups in total. The molecule has 0 radical (unpaired) electrons. The summed E-state index contributed by atoms with van der Waals surface area (Å²) in [6, 6.07) is 0. The van der Waals surface area contributed by atoms with E-state index in [1.54, 1.807) is 0 Å². The van der Waals surface area contributed by atoms with Crippen molar-refractivity contribution in [2.75, 3.05) is 46.4 Å². The number of allylic oxidation sites excluding steroid dienone is 1. The van der Waals surface area contributed by atoms with Gasteiger partial charge in [-0.15, -0.1) is 0 Å². The van der Waals surface area contributed by atoms with E-state index in [0.29, 0.717) is 12.5 Å². The summed E-state index contributed by atoms with van der Waals surface area (Å²) in [5.74, 6) is 0.602. The summed E-state index contributed by atoms with van der Waals surface area (Å²) in [7, 11) is 2.15. The van der Waals surface area contributed by atoms with Crippen molar-refractivity contribution in [3.05, 3.63) is 35.1 Å². The van der Waals surface area contributed by atoms with Crippen LogP contribution < -0.4 is 5.73 Å². The molecule has 0 aromatic heterocycles. The Labute approximate surface area is 136 Å². The summed E-state index contributed by atoms with van der Waals surface area (Å²) in [5, 5.41) is 0. The number of rotatable bonds is 6. The number of likely N-dealkylation sites (N-methyl/N-ethyl adjacent to an activating group) is 1. The minimum Gasteiger partial charge on any atom is -0.472 e. The normalized spacial score (nSPS) is 19.7. The fraction of sp³-hybridized carbons (Fsp3) is 0.533. The lowest BCUT2D eigenvalue weighted by molar-refractivity contribution is 0.164. The van der Waals surface area contributed by atoms with Gasteiger partial charge in [-0.25, -0.2) is 4.99 Å². The van der Waals surface area contributed by atoms with E-state index in [1.165, 1.54) is 12.4 Å². The van der Waals surface area contributed by atoms with Gasteiger partial charge >= 0.3 is 0 Å². The van der Waals surface area contributed by atoms with Crippen molar-refractivity contribution in [2.24, 2.45) is 10.7 Å². The van der Waals surface area contributed by atoms with E-state index in [1.807, 2.05) is 13.0 Å². The van der Waals surface area contributed by atoms with Crippen molar-refractivity contribution in [3.8, 4) is 0 Å². The van der Waals surface area contributed by atoms with Crippen LogP contribution in [-0.2, 0) is 4.74 Å². The van der Waals surface area contributed by atoms with Crippen molar-refractivity contribution >= 4 is 21.8 Å². The van der Waals surface area contributed by atoms with Crippen molar-refractivity contribution in [3.63, 3.8) is 0 Å². The lowest BCUT2D eigenvalue weighted by atomic mass is 10.2. The minimum absolute atomic E-state index is 0.364. The molecule has 0 atom stereocenters. The van der Waals surface area contributed by atoms with E-state index in [0.717, 1.165) is 42.8 Å². The highest BCUT2D eigenvalue weighted by molar-refractivity contribution is 9.11. The molecular weight excluding hydrogens is 332 g/mol. The van der Waals surface area contributed by atoms with E-state index >= 15 is 0 Å². The van der Waals surface area contributed by atoms with Gasteiger partial charge in [0.25, 0.3) is 0 Å². The molecule has 1 saturated heterocycles. The molecule has 0 amide bonds. The van der Waals surface area contributed by atoms with Crippen LogP contribution in [0.3, 0.4) is 0 Å². The number of aliphatic imine (C=N–C) groups is 1. The van der Waals surface area contributed by atoms with Crippen LogP contribution in [-0.4, -0.2) is 62.1 Å². The second-order valence-corrected chi connectivity index (χ2v) is 5.93. The molecule has 6 heteroatoms. The summed E-state index contributed by atoms with van der Waals surface area (Å²) in [5.41, 5.74) is 6.49. The highest BCUT2D eigenvalue weighted by Crippen LogP contribution is 2.10. The molecule has 0 aromatic rings. The van der Waals surface area contributed by atoms with Crippen LogP contribution in [0.1, 0.15) is 6.92 Å². The Kier molecular flexibility index (Phi) is 8.34. The maximum absolute atomic E-state index is 5.73. The van der Waals surface area contributed by atoms with E-state index in [4.69, 9.17) is 10.5 Å². The first-order valence-corrected chi connectivity index (χ1v) is 7.84. The zero-order chi connectivity index (χ0) is 15.7. The van der Waals surface area contributed by atoms with Gasteiger partial charge in [0, 0.05) is 55.2 Å². The Balaban J connectivity index is 2.65. The van der Waals surface area contributed by atoms with E-state index in [-0.39, 0.29) is 0 Å². The number of hydrogen-bond donors (Lipinski definition) is 1. The Morgan fingerprint density at radius 2 is 2.05 bits per heavy atom. The molecule has 118 valence electrons. The average Bonchev–Trinajstić information content (AvgIpc) is 2.50. The van der Waals surface area contributed by atoms with Crippen LogP contribution in [0.5, 0.6) is 0 Å². The third-order valence-corrected chi connectivity index (χ3v) is 3.84. The summed E-state index contributed by atoms with van der Waals surface area (Å²) in [4.78, 5) is 8.99. The van der Waals surface area contributed by atoms with Crippen LogP contribution in [0, 0.1) is 0 Å². The lowest BCUT2D eigenvalue weighted by Gasteiger charge is -2.32. The van der Waals surface area contributed by atoms with Crippen molar-refractivity contribution in [1.82, 2.24) is 9.80 Å². The molecule has 1 heterocycles. The molecule has 1 aliphatic rings. The average molecular weight is 357 g/mol. The summed E-state index contributed by atoms with van der Waals surface area (Å²) in [6.07, 6.45) is 5.02. The monoisotopic (exact) mass is 356 g/mol. The molecule has 21 heavy (non-hydrogen) atoms. The van der Waals surface area contributed by atoms with Gasteiger partial charge in [-0.3, -0.25) is 4.90 Å². The maximum atomic E-state index is 5.73.